The van der Waals surface area contributed by atoms with Gasteiger partial charge in [0.05, 0.1) is 6.61 Å². The van der Waals surface area contributed by atoms with Crippen LogP contribution in [-0.4, -0.2) is 43.1 Å². The second-order valence-electron chi connectivity index (χ2n) is 6.09. The Morgan fingerprint density at radius 1 is 0.958 bits per heavy atom. The van der Waals surface area contributed by atoms with Crippen LogP contribution in [-0.2, 0) is 16.1 Å². The molecule has 0 aliphatic carbocycles. The van der Waals surface area contributed by atoms with Gasteiger partial charge in [-0.3, -0.25) is 4.79 Å². The summed E-state index contributed by atoms with van der Waals surface area (Å²) in [6, 6.07) is 20.3. The fraction of sp³-hybridized carbons (Fsp3) is 0.350. The van der Waals surface area contributed by atoms with Crippen LogP contribution in [0.1, 0.15) is 12.5 Å². The number of amides is 1. The summed E-state index contributed by atoms with van der Waals surface area (Å²) in [6.07, 6.45) is -0.409. The molecule has 1 atom stereocenters. The van der Waals surface area contributed by atoms with Crippen molar-refractivity contribution in [3.05, 3.63) is 66.2 Å². The average molecular weight is 324 g/mol. The molecule has 0 spiro atoms. The van der Waals surface area contributed by atoms with E-state index in [1.807, 2.05) is 60.4 Å². The van der Waals surface area contributed by atoms with Gasteiger partial charge in [0.1, 0.15) is 6.10 Å². The van der Waals surface area contributed by atoms with Gasteiger partial charge in [0.2, 0.25) is 0 Å². The number of ether oxygens (including phenoxy) is 1. The Morgan fingerprint density at radius 3 is 2.17 bits per heavy atom. The minimum atomic E-state index is -0.409. The van der Waals surface area contributed by atoms with Gasteiger partial charge in [0, 0.05) is 31.9 Å². The van der Waals surface area contributed by atoms with Crippen molar-refractivity contribution < 1.29 is 9.53 Å². The molecule has 0 saturated carbocycles. The van der Waals surface area contributed by atoms with E-state index < -0.39 is 6.10 Å². The third kappa shape index (κ3) is 4.15. The van der Waals surface area contributed by atoms with E-state index in [0.29, 0.717) is 6.61 Å². The zero-order valence-corrected chi connectivity index (χ0v) is 14.1. The zero-order chi connectivity index (χ0) is 16.8. The lowest BCUT2D eigenvalue weighted by molar-refractivity contribution is -0.143. The topological polar surface area (TPSA) is 32.8 Å². The molecule has 1 aliphatic heterocycles. The summed E-state index contributed by atoms with van der Waals surface area (Å²) in [5, 5.41) is 0. The van der Waals surface area contributed by atoms with Crippen LogP contribution in [0.3, 0.4) is 0 Å². The Kier molecular flexibility index (Phi) is 5.49. The van der Waals surface area contributed by atoms with E-state index in [1.54, 1.807) is 0 Å². The Balaban J connectivity index is 1.48. The minimum absolute atomic E-state index is 0.0821. The molecule has 1 aliphatic rings. The van der Waals surface area contributed by atoms with Crippen LogP contribution < -0.4 is 4.90 Å². The molecule has 0 bridgehead atoms. The number of nitrogens with zero attached hydrogens (tertiary/aromatic N) is 2. The lowest BCUT2D eigenvalue weighted by atomic mass is 10.2. The van der Waals surface area contributed by atoms with Crippen LogP contribution in [0.4, 0.5) is 5.69 Å². The molecule has 2 aromatic rings. The van der Waals surface area contributed by atoms with E-state index in [2.05, 4.69) is 17.0 Å². The van der Waals surface area contributed by atoms with Gasteiger partial charge in [-0.1, -0.05) is 48.5 Å². The minimum Gasteiger partial charge on any atom is -0.368 e. The molecule has 1 fully saturated rings. The number of hydrogen-bond acceptors (Lipinski definition) is 3. The highest BCUT2D eigenvalue weighted by Crippen LogP contribution is 2.16. The normalized spacial score (nSPS) is 16.0. The zero-order valence-electron chi connectivity index (χ0n) is 14.1. The molecule has 0 radical (unpaired) electrons. The first kappa shape index (κ1) is 16.5. The second kappa shape index (κ2) is 7.97. The predicted octanol–water partition coefficient (Wildman–Crippen LogP) is 2.94. The van der Waals surface area contributed by atoms with Gasteiger partial charge < -0.3 is 14.5 Å². The molecule has 0 N–H and O–H groups in total. The maximum atomic E-state index is 12.5. The first-order chi connectivity index (χ1) is 11.7. The molecule has 1 amide bonds. The highest BCUT2D eigenvalue weighted by atomic mass is 16.5. The Hall–Kier alpha value is -2.33. The summed E-state index contributed by atoms with van der Waals surface area (Å²) in [5.41, 5.74) is 2.31. The maximum absolute atomic E-state index is 12.5. The number of carbonyl (C=O) groups excluding carboxylic acids is 1. The van der Waals surface area contributed by atoms with Crippen molar-refractivity contribution >= 4 is 11.6 Å². The number of rotatable bonds is 5. The second-order valence-corrected chi connectivity index (χ2v) is 6.09. The third-order valence-corrected chi connectivity index (χ3v) is 4.40. The number of hydrogen-bond donors (Lipinski definition) is 0. The number of anilines is 1. The standard InChI is InChI=1S/C20H24N2O2/c1-17(24-16-18-8-4-2-5-9-18)20(23)22-14-12-21(13-15-22)19-10-6-3-7-11-19/h2-11,17H,12-16H2,1H3/t17-/m0/s1. The summed E-state index contributed by atoms with van der Waals surface area (Å²) >= 11 is 0. The van der Waals surface area contributed by atoms with E-state index in [1.165, 1.54) is 5.69 Å². The third-order valence-electron chi connectivity index (χ3n) is 4.40. The quantitative estimate of drug-likeness (QED) is 0.848. The van der Waals surface area contributed by atoms with Gasteiger partial charge in [-0.15, -0.1) is 0 Å². The van der Waals surface area contributed by atoms with E-state index in [4.69, 9.17) is 4.74 Å². The van der Waals surface area contributed by atoms with Gasteiger partial charge in [0.25, 0.3) is 5.91 Å². The first-order valence-electron chi connectivity index (χ1n) is 8.48. The fourth-order valence-electron chi connectivity index (χ4n) is 2.95. The molecule has 24 heavy (non-hydrogen) atoms. The lowest BCUT2D eigenvalue weighted by Gasteiger charge is -2.37. The summed E-state index contributed by atoms with van der Waals surface area (Å²) in [7, 11) is 0. The molecule has 2 aromatic carbocycles. The highest BCUT2D eigenvalue weighted by Gasteiger charge is 2.25. The molecular weight excluding hydrogens is 300 g/mol. The Morgan fingerprint density at radius 2 is 1.54 bits per heavy atom. The van der Waals surface area contributed by atoms with Crippen molar-refractivity contribution in [1.82, 2.24) is 4.90 Å². The number of para-hydroxylation sites is 1. The summed E-state index contributed by atoms with van der Waals surface area (Å²) in [4.78, 5) is 16.8. The average Bonchev–Trinajstić information content (AvgIpc) is 2.67. The number of carbonyl (C=O) groups is 1. The summed E-state index contributed by atoms with van der Waals surface area (Å²) < 4.78 is 5.75. The van der Waals surface area contributed by atoms with Gasteiger partial charge in [0.15, 0.2) is 0 Å². The molecule has 3 rings (SSSR count). The van der Waals surface area contributed by atoms with Gasteiger partial charge in [-0.2, -0.15) is 0 Å². The van der Waals surface area contributed by atoms with Crippen LogP contribution in [0.5, 0.6) is 0 Å². The van der Waals surface area contributed by atoms with Crippen molar-refractivity contribution in [1.29, 1.82) is 0 Å². The van der Waals surface area contributed by atoms with Crippen LogP contribution in [0.25, 0.3) is 0 Å². The van der Waals surface area contributed by atoms with E-state index in [9.17, 15) is 4.79 Å². The maximum Gasteiger partial charge on any atom is 0.251 e. The SMILES string of the molecule is C[C@H](OCc1ccccc1)C(=O)N1CCN(c2ccccc2)CC1. The van der Waals surface area contributed by atoms with Crippen LogP contribution in [0.2, 0.25) is 0 Å². The fourth-order valence-corrected chi connectivity index (χ4v) is 2.95. The number of piperazine rings is 1. The number of benzene rings is 2. The van der Waals surface area contributed by atoms with E-state index in [-0.39, 0.29) is 5.91 Å². The van der Waals surface area contributed by atoms with Gasteiger partial charge >= 0.3 is 0 Å². The van der Waals surface area contributed by atoms with Crippen LogP contribution in [0.15, 0.2) is 60.7 Å². The summed E-state index contributed by atoms with van der Waals surface area (Å²) in [6.45, 7) is 5.52. The molecular formula is C20H24N2O2. The van der Waals surface area contributed by atoms with Crippen molar-refractivity contribution in [3.8, 4) is 0 Å². The molecule has 4 nitrogen and oxygen atoms in total. The lowest BCUT2D eigenvalue weighted by Crippen LogP contribution is -2.51. The van der Waals surface area contributed by atoms with Crippen molar-refractivity contribution in [2.75, 3.05) is 31.1 Å². The van der Waals surface area contributed by atoms with Crippen molar-refractivity contribution in [2.24, 2.45) is 0 Å². The van der Waals surface area contributed by atoms with Crippen LogP contribution in [0, 0.1) is 0 Å². The Bertz CT molecular complexity index is 637. The van der Waals surface area contributed by atoms with E-state index in [0.717, 1.165) is 31.7 Å². The molecule has 126 valence electrons. The predicted molar refractivity (Wildman–Crippen MR) is 95.9 cm³/mol. The van der Waals surface area contributed by atoms with Crippen molar-refractivity contribution in [3.63, 3.8) is 0 Å². The Labute approximate surface area is 143 Å². The van der Waals surface area contributed by atoms with Crippen molar-refractivity contribution in [2.45, 2.75) is 19.6 Å². The van der Waals surface area contributed by atoms with E-state index >= 15 is 0 Å². The smallest absolute Gasteiger partial charge is 0.251 e. The van der Waals surface area contributed by atoms with Gasteiger partial charge in [-0.25, -0.2) is 0 Å². The molecule has 0 aromatic heterocycles. The highest BCUT2D eigenvalue weighted by molar-refractivity contribution is 5.80. The molecule has 4 heteroatoms. The monoisotopic (exact) mass is 324 g/mol. The van der Waals surface area contributed by atoms with Gasteiger partial charge in [-0.05, 0) is 24.6 Å². The molecule has 1 saturated heterocycles. The summed E-state index contributed by atoms with van der Waals surface area (Å²) in [5.74, 6) is 0.0821. The molecule has 0 unspecified atom stereocenters. The largest absolute Gasteiger partial charge is 0.368 e. The van der Waals surface area contributed by atoms with Crippen LogP contribution >= 0.6 is 0 Å². The molecule has 1 heterocycles. The first-order valence-corrected chi connectivity index (χ1v) is 8.48.